The van der Waals surface area contributed by atoms with Gasteiger partial charge in [-0.1, -0.05) is 48.5 Å². The van der Waals surface area contributed by atoms with Crippen molar-refractivity contribution in [2.45, 2.75) is 26.7 Å². The minimum atomic E-state index is 0.851. The van der Waals surface area contributed by atoms with Gasteiger partial charge in [0.15, 0.2) is 0 Å². The Kier molecular flexibility index (Phi) is 7.84. The van der Waals surface area contributed by atoms with Crippen molar-refractivity contribution in [3.05, 3.63) is 95.1 Å². The third-order valence-electron chi connectivity index (χ3n) is 6.67. The van der Waals surface area contributed by atoms with Crippen LogP contribution in [0.5, 0.6) is 23.0 Å². The third-order valence-corrected chi connectivity index (χ3v) is 6.67. The van der Waals surface area contributed by atoms with Gasteiger partial charge in [0.25, 0.3) is 0 Å². The Hall–Kier alpha value is -3.92. The van der Waals surface area contributed by atoms with E-state index in [1.807, 2.05) is 38.1 Å². The number of methoxy groups -OCH3 is 4. The summed E-state index contributed by atoms with van der Waals surface area (Å²) < 4.78 is 22.3. The van der Waals surface area contributed by atoms with Gasteiger partial charge in [-0.05, 0) is 84.3 Å². The first kappa shape index (κ1) is 25.2. The molecule has 0 spiro atoms. The summed E-state index contributed by atoms with van der Waals surface area (Å²) in [5.74, 6) is 3.42. The molecule has 0 atom stereocenters. The first-order chi connectivity index (χ1) is 17.5. The maximum Gasteiger partial charge on any atom is 0.127 e. The topological polar surface area (TPSA) is 36.9 Å². The molecule has 0 aliphatic carbocycles. The molecule has 0 radical (unpaired) electrons. The van der Waals surface area contributed by atoms with E-state index in [9.17, 15) is 0 Å². The van der Waals surface area contributed by atoms with Crippen LogP contribution in [0, 0.1) is 13.8 Å². The lowest BCUT2D eigenvalue weighted by molar-refractivity contribution is 0.402. The highest BCUT2D eigenvalue weighted by Gasteiger charge is 2.12. The van der Waals surface area contributed by atoms with Crippen LogP contribution in [0.25, 0.3) is 22.3 Å². The molecule has 186 valence electrons. The third kappa shape index (κ3) is 5.33. The Morgan fingerprint density at radius 3 is 1.08 bits per heavy atom. The Bertz CT molecular complexity index is 1220. The lowest BCUT2D eigenvalue weighted by atomic mass is 9.97. The van der Waals surface area contributed by atoms with E-state index in [-0.39, 0.29) is 0 Å². The standard InChI is InChI=1S/C32H34O4/c1-21-17-31(35-5)27(19-29(21)33-3)25-13-9-23(10-14-25)7-8-24-11-15-26(16-12-24)28-20-30(34-4)22(2)18-32(28)36-6/h9-20H,7-8H2,1-6H3. The Labute approximate surface area is 214 Å². The highest BCUT2D eigenvalue weighted by atomic mass is 16.5. The molecule has 0 heterocycles. The van der Waals surface area contributed by atoms with E-state index in [0.29, 0.717) is 0 Å². The lowest BCUT2D eigenvalue weighted by Crippen LogP contribution is -1.95. The van der Waals surface area contributed by atoms with Crippen molar-refractivity contribution in [1.82, 2.24) is 0 Å². The number of hydrogen-bond donors (Lipinski definition) is 0. The fourth-order valence-corrected chi connectivity index (χ4v) is 4.54. The molecule has 0 aliphatic heterocycles. The van der Waals surface area contributed by atoms with Crippen LogP contribution < -0.4 is 18.9 Å². The van der Waals surface area contributed by atoms with E-state index >= 15 is 0 Å². The molecule has 36 heavy (non-hydrogen) atoms. The van der Waals surface area contributed by atoms with Crippen molar-refractivity contribution in [3.8, 4) is 45.3 Å². The van der Waals surface area contributed by atoms with Crippen LogP contribution in [0.15, 0.2) is 72.8 Å². The van der Waals surface area contributed by atoms with Crippen molar-refractivity contribution >= 4 is 0 Å². The van der Waals surface area contributed by atoms with Crippen LogP contribution in [-0.4, -0.2) is 28.4 Å². The summed E-state index contributed by atoms with van der Waals surface area (Å²) in [6, 6.07) is 25.5. The zero-order valence-corrected chi connectivity index (χ0v) is 22.0. The van der Waals surface area contributed by atoms with Gasteiger partial charge in [0.05, 0.1) is 28.4 Å². The van der Waals surface area contributed by atoms with Gasteiger partial charge in [-0.2, -0.15) is 0 Å². The van der Waals surface area contributed by atoms with E-state index in [1.165, 1.54) is 11.1 Å². The summed E-state index contributed by atoms with van der Waals surface area (Å²) in [7, 11) is 6.80. The highest BCUT2D eigenvalue weighted by Crippen LogP contribution is 2.37. The highest BCUT2D eigenvalue weighted by molar-refractivity contribution is 5.74. The zero-order valence-electron chi connectivity index (χ0n) is 22.0. The van der Waals surface area contributed by atoms with Crippen LogP contribution >= 0.6 is 0 Å². The summed E-state index contributed by atoms with van der Waals surface area (Å²) in [5, 5.41) is 0. The molecular formula is C32H34O4. The van der Waals surface area contributed by atoms with Crippen molar-refractivity contribution in [1.29, 1.82) is 0 Å². The van der Waals surface area contributed by atoms with Gasteiger partial charge in [0.2, 0.25) is 0 Å². The fourth-order valence-electron chi connectivity index (χ4n) is 4.54. The average Bonchev–Trinajstić information content (AvgIpc) is 2.92. The Balaban J connectivity index is 1.47. The van der Waals surface area contributed by atoms with Gasteiger partial charge in [-0.3, -0.25) is 0 Å². The van der Waals surface area contributed by atoms with E-state index in [1.54, 1.807) is 28.4 Å². The van der Waals surface area contributed by atoms with E-state index in [0.717, 1.165) is 69.2 Å². The Morgan fingerprint density at radius 2 is 0.778 bits per heavy atom. The number of hydrogen-bond acceptors (Lipinski definition) is 4. The molecule has 4 rings (SSSR count). The van der Waals surface area contributed by atoms with Gasteiger partial charge >= 0.3 is 0 Å². The van der Waals surface area contributed by atoms with E-state index in [2.05, 4.69) is 48.5 Å². The molecule has 0 amide bonds. The second-order valence-electron chi connectivity index (χ2n) is 8.94. The molecule has 0 saturated carbocycles. The predicted molar refractivity (Wildman–Crippen MR) is 147 cm³/mol. The number of ether oxygens (including phenoxy) is 4. The number of benzene rings is 4. The van der Waals surface area contributed by atoms with Crippen molar-refractivity contribution in [2.75, 3.05) is 28.4 Å². The minimum absolute atomic E-state index is 0.851. The second-order valence-corrected chi connectivity index (χ2v) is 8.94. The van der Waals surface area contributed by atoms with Gasteiger partial charge in [-0.25, -0.2) is 0 Å². The molecule has 0 aliphatic rings. The summed E-state index contributed by atoms with van der Waals surface area (Å²) in [6.07, 6.45) is 1.94. The molecule has 0 aromatic heterocycles. The van der Waals surface area contributed by atoms with Crippen LogP contribution in [-0.2, 0) is 12.8 Å². The molecule has 0 bridgehead atoms. The first-order valence-electron chi connectivity index (χ1n) is 12.1. The zero-order chi connectivity index (χ0) is 25.7. The average molecular weight is 483 g/mol. The Morgan fingerprint density at radius 1 is 0.444 bits per heavy atom. The van der Waals surface area contributed by atoms with Crippen molar-refractivity contribution in [2.24, 2.45) is 0 Å². The van der Waals surface area contributed by atoms with Crippen LogP contribution in [0.3, 0.4) is 0 Å². The second kappa shape index (κ2) is 11.2. The van der Waals surface area contributed by atoms with Crippen LogP contribution in [0.4, 0.5) is 0 Å². The largest absolute Gasteiger partial charge is 0.496 e. The van der Waals surface area contributed by atoms with Crippen molar-refractivity contribution < 1.29 is 18.9 Å². The lowest BCUT2D eigenvalue weighted by Gasteiger charge is -2.14. The summed E-state index contributed by atoms with van der Waals surface area (Å²) in [6.45, 7) is 4.05. The van der Waals surface area contributed by atoms with E-state index in [4.69, 9.17) is 18.9 Å². The molecular weight excluding hydrogens is 448 g/mol. The van der Waals surface area contributed by atoms with Gasteiger partial charge < -0.3 is 18.9 Å². The maximum absolute atomic E-state index is 5.62. The number of rotatable bonds is 9. The molecule has 0 N–H and O–H groups in total. The summed E-state index contributed by atoms with van der Waals surface area (Å²) in [4.78, 5) is 0. The van der Waals surface area contributed by atoms with Crippen molar-refractivity contribution in [3.63, 3.8) is 0 Å². The number of aryl methyl sites for hydroxylation is 4. The van der Waals surface area contributed by atoms with Crippen LogP contribution in [0.1, 0.15) is 22.3 Å². The molecule has 0 saturated heterocycles. The van der Waals surface area contributed by atoms with Crippen LogP contribution in [0.2, 0.25) is 0 Å². The van der Waals surface area contributed by atoms with Gasteiger partial charge in [0.1, 0.15) is 23.0 Å². The molecule has 4 nitrogen and oxygen atoms in total. The summed E-state index contributed by atoms with van der Waals surface area (Å²) >= 11 is 0. The molecule has 0 unspecified atom stereocenters. The monoisotopic (exact) mass is 482 g/mol. The molecule has 4 aromatic carbocycles. The van der Waals surface area contributed by atoms with E-state index < -0.39 is 0 Å². The smallest absolute Gasteiger partial charge is 0.127 e. The first-order valence-corrected chi connectivity index (χ1v) is 12.1. The van der Waals surface area contributed by atoms with Gasteiger partial charge in [-0.15, -0.1) is 0 Å². The molecule has 4 heteroatoms. The van der Waals surface area contributed by atoms with Gasteiger partial charge in [0, 0.05) is 11.1 Å². The normalized spacial score (nSPS) is 10.7. The maximum atomic E-state index is 5.62. The molecule has 4 aromatic rings. The minimum Gasteiger partial charge on any atom is -0.496 e. The SMILES string of the molecule is COc1cc(-c2ccc(CCc3ccc(-c4cc(OC)c(C)cc4OC)cc3)cc2)c(OC)cc1C. The quantitative estimate of drug-likeness (QED) is 0.248. The fraction of sp³-hybridized carbons (Fsp3) is 0.250. The predicted octanol–water partition coefficient (Wildman–Crippen LogP) is 7.46. The molecule has 0 fully saturated rings. The summed E-state index contributed by atoms with van der Waals surface area (Å²) in [5.41, 5.74) is 9.00.